The van der Waals surface area contributed by atoms with Crippen molar-refractivity contribution in [1.82, 2.24) is 5.32 Å². The van der Waals surface area contributed by atoms with E-state index >= 15 is 0 Å². The molecule has 2 N–H and O–H groups in total. The highest BCUT2D eigenvalue weighted by molar-refractivity contribution is 7.10. The number of unbranched alkanes of at least 4 members (excludes halogenated alkanes) is 2. The maximum atomic E-state index is 12.2. The maximum absolute atomic E-state index is 12.2. The number of fused-ring (bicyclic) bond motifs is 1. The number of carboxylic acid groups (broad SMARTS) is 1. The molecule has 1 amide bonds. The van der Waals surface area contributed by atoms with E-state index in [0.29, 0.717) is 13.0 Å². The van der Waals surface area contributed by atoms with Gasteiger partial charge in [0, 0.05) is 17.8 Å². The molecule has 0 saturated carbocycles. The van der Waals surface area contributed by atoms with E-state index in [4.69, 9.17) is 5.11 Å². The van der Waals surface area contributed by atoms with Gasteiger partial charge in [0.1, 0.15) is 0 Å². The van der Waals surface area contributed by atoms with Crippen LogP contribution in [-0.4, -0.2) is 23.5 Å². The number of hydrogen-bond donors (Lipinski definition) is 2. The topological polar surface area (TPSA) is 66.4 Å². The molecule has 0 fully saturated rings. The Bertz CT molecular complexity index is 469. The fourth-order valence-electron chi connectivity index (χ4n) is 2.67. The van der Waals surface area contributed by atoms with Crippen LogP contribution in [0.2, 0.25) is 0 Å². The first-order valence-corrected chi connectivity index (χ1v) is 8.12. The van der Waals surface area contributed by atoms with Crippen LogP contribution in [-0.2, 0) is 16.0 Å². The van der Waals surface area contributed by atoms with E-state index in [2.05, 4.69) is 16.8 Å². The predicted octanol–water partition coefficient (Wildman–Crippen LogP) is 2.93. The molecule has 110 valence electrons. The number of aliphatic carboxylic acids is 1. The molecule has 1 heterocycles. The smallest absolute Gasteiger partial charge is 0.303 e. The molecule has 0 saturated heterocycles. The number of nitrogens with one attached hydrogen (secondary N) is 1. The molecular weight excluding hydrogens is 274 g/mol. The number of carbonyl (C=O) groups excluding carboxylic acids is 1. The van der Waals surface area contributed by atoms with Gasteiger partial charge in [0.2, 0.25) is 5.91 Å². The number of aryl methyl sites for hydroxylation is 1. The highest BCUT2D eigenvalue weighted by Gasteiger charge is 2.26. The van der Waals surface area contributed by atoms with Crippen LogP contribution in [0, 0.1) is 0 Å². The van der Waals surface area contributed by atoms with Gasteiger partial charge >= 0.3 is 5.97 Å². The minimum Gasteiger partial charge on any atom is -0.481 e. The van der Waals surface area contributed by atoms with Crippen molar-refractivity contribution in [3.05, 3.63) is 21.9 Å². The van der Waals surface area contributed by atoms with Crippen LogP contribution in [0.3, 0.4) is 0 Å². The molecule has 4 nitrogen and oxygen atoms in total. The van der Waals surface area contributed by atoms with Gasteiger partial charge in [-0.2, -0.15) is 0 Å². The zero-order chi connectivity index (χ0) is 14.4. The molecule has 1 unspecified atom stereocenters. The van der Waals surface area contributed by atoms with Gasteiger partial charge in [0.15, 0.2) is 0 Å². The highest BCUT2D eigenvalue weighted by atomic mass is 32.1. The van der Waals surface area contributed by atoms with Crippen LogP contribution in [0.5, 0.6) is 0 Å². The van der Waals surface area contributed by atoms with Crippen molar-refractivity contribution in [2.45, 2.75) is 50.9 Å². The third-order valence-electron chi connectivity index (χ3n) is 3.74. The fraction of sp³-hybridized carbons (Fsp3) is 0.600. The molecule has 20 heavy (non-hydrogen) atoms. The third-order valence-corrected chi connectivity index (χ3v) is 4.73. The second kappa shape index (κ2) is 7.43. The summed E-state index contributed by atoms with van der Waals surface area (Å²) in [6, 6.07) is 2.08. The summed E-state index contributed by atoms with van der Waals surface area (Å²) in [5.41, 5.74) is 1.21. The van der Waals surface area contributed by atoms with Gasteiger partial charge < -0.3 is 10.4 Å². The standard InChI is InChI=1S/C15H21NO3S/c17-14(18)7-2-1-3-9-16-15(19)12-5-4-6-13-11(12)8-10-20-13/h8,10,12H,1-7,9H2,(H,16,19)(H,17,18). The third kappa shape index (κ3) is 4.07. The van der Waals surface area contributed by atoms with Crippen LogP contribution in [0.4, 0.5) is 0 Å². The van der Waals surface area contributed by atoms with Crippen molar-refractivity contribution < 1.29 is 14.7 Å². The number of carboxylic acids is 1. The van der Waals surface area contributed by atoms with E-state index in [1.165, 1.54) is 10.4 Å². The van der Waals surface area contributed by atoms with Crippen molar-refractivity contribution in [3.8, 4) is 0 Å². The SMILES string of the molecule is O=C(O)CCCCCNC(=O)C1CCCc2sccc21. The van der Waals surface area contributed by atoms with Crippen molar-refractivity contribution in [2.75, 3.05) is 6.54 Å². The van der Waals surface area contributed by atoms with Crippen molar-refractivity contribution in [1.29, 1.82) is 0 Å². The maximum Gasteiger partial charge on any atom is 0.303 e. The Morgan fingerprint density at radius 2 is 2.20 bits per heavy atom. The molecule has 1 aliphatic carbocycles. The average Bonchev–Trinajstić information content (AvgIpc) is 2.90. The molecular formula is C15H21NO3S. The van der Waals surface area contributed by atoms with Crippen molar-refractivity contribution in [2.24, 2.45) is 0 Å². The Balaban J connectivity index is 1.70. The summed E-state index contributed by atoms with van der Waals surface area (Å²) >= 11 is 1.75. The first-order chi connectivity index (χ1) is 9.68. The summed E-state index contributed by atoms with van der Waals surface area (Å²) in [5.74, 6) is -0.604. The predicted molar refractivity (Wildman–Crippen MR) is 79.1 cm³/mol. The Labute approximate surface area is 123 Å². The van der Waals surface area contributed by atoms with E-state index in [9.17, 15) is 9.59 Å². The summed E-state index contributed by atoms with van der Waals surface area (Å²) in [4.78, 5) is 23.9. The molecule has 2 rings (SSSR count). The fourth-order valence-corrected chi connectivity index (χ4v) is 3.66. The van der Waals surface area contributed by atoms with Crippen LogP contribution in [0.25, 0.3) is 0 Å². The molecule has 0 bridgehead atoms. The first kappa shape index (κ1) is 15.0. The largest absolute Gasteiger partial charge is 0.481 e. The van der Waals surface area contributed by atoms with Gasteiger partial charge in [-0.05, 0) is 49.1 Å². The lowest BCUT2D eigenvalue weighted by Crippen LogP contribution is -2.31. The first-order valence-electron chi connectivity index (χ1n) is 7.24. The molecule has 1 aromatic rings. The zero-order valence-electron chi connectivity index (χ0n) is 11.6. The van der Waals surface area contributed by atoms with E-state index < -0.39 is 5.97 Å². The second-order valence-electron chi connectivity index (χ2n) is 5.24. The minimum atomic E-state index is -0.749. The lowest BCUT2D eigenvalue weighted by Gasteiger charge is -2.21. The van der Waals surface area contributed by atoms with E-state index in [1.807, 2.05) is 0 Å². The lowest BCUT2D eigenvalue weighted by molar-refractivity contribution is -0.137. The van der Waals surface area contributed by atoms with Gasteiger partial charge in [0.05, 0.1) is 5.92 Å². The normalized spacial score (nSPS) is 17.5. The molecule has 0 radical (unpaired) electrons. The van der Waals surface area contributed by atoms with Crippen LogP contribution < -0.4 is 5.32 Å². The Morgan fingerprint density at radius 1 is 1.35 bits per heavy atom. The van der Waals surface area contributed by atoms with E-state index in [1.54, 1.807) is 11.3 Å². The van der Waals surface area contributed by atoms with Gasteiger partial charge in [-0.1, -0.05) is 6.42 Å². The lowest BCUT2D eigenvalue weighted by atomic mass is 9.87. The number of amides is 1. The summed E-state index contributed by atoms with van der Waals surface area (Å²) in [5, 5.41) is 13.6. The summed E-state index contributed by atoms with van der Waals surface area (Å²) in [6.07, 6.45) is 5.73. The number of rotatable bonds is 7. The molecule has 0 aliphatic heterocycles. The molecule has 1 aromatic heterocycles. The molecule has 0 spiro atoms. The number of carbonyl (C=O) groups is 2. The van der Waals surface area contributed by atoms with E-state index in [-0.39, 0.29) is 18.2 Å². The quantitative estimate of drug-likeness (QED) is 0.760. The Kier molecular flexibility index (Phi) is 5.59. The zero-order valence-corrected chi connectivity index (χ0v) is 12.4. The van der Waals surface area contributed by atoms with Gasteiger partial charge in [-0.15, -0.1) is 11.3 Å². The number of thiophene rings is 1. The van der Waals surface area contributed by atoms with Crippen molar-refractivity contribution in [3.63, 3.8) is 0 Å². The Hall–Kier alpha value is -1.36. The molecule has 1 atom stereocenters. The molecule has 0 aromatic carbocycles. The molecule has 1 aliphatic rings. The van der Waals surface area contributed by atoms with Gasteiger partial charge in [-0.3, -0.25) is 9.59 Å². The summed E-state index contributed by atoms with van der Waals surface area (Å²) in [6.45, 7) is 0.647. The van der Waals surface area contributed by atoms with Gasteiger partial charge in [0.25, 0.3) is 0 Å². The average molecular weight is 295 g/mol. The summed E-state index contributed by atoms with van der Waals surface area (Å²) in [7, 11) is 0. The minimum absolute atomic E-state index is 0.0176. The number of hydrogen-bond acceptors (Lipinski definition) is 3. The van der Waals surface area contributed by atoms with E-state index in [0.717, 1.165) is 32.1 Å². The monoisotopic (exact) mass is 295 g/mol. The molecule has 5 heteroatoms. The van der Waals surface area contributed by atoms with Crippen LogP contribution in [0.1, 0.15) is 54.9 Å². The van der Waals surface area contributed by atoms with Gasteiger partial charge in [-0.25, -0.2) is 0 Å². The van der Waals surface area contributed by atoms with Crippen LogP contribution in [0.15, 0.2) is 11.4 Å². The summed E-state index contributed by atoms with van der Waals surface area (Å²) < 4.78 is 0. The van der Waals surface area contributed by atoms with Crippen LogP contribution >= 0.6 is 11.3 Å². The highest BCUT2D eigenvalue weighted by Crippen LogP contribution is 2.34. The second-order valence-corrected chi connectivity index (χ2v) is 6.24. The van der Waals surface area contributed by atoms with Crippen molar-refractivity contribution >= 4 is 23.2 Å². The Morgan fingerprint density at radius 3 is 3.00 bits per heavy atom.